The Morgan fingerprint density at radius 1 is 1.16 bits per heavy atom. The number of benzene rings is 1. The topological polar surface area (TPSA) is 49.7 Å². The number of rotatable bonds is 6. The van der Waals surface area contributed by atoms with Crippen molar-refractivity contribution < 1.29 is 14.9 Å². The van der Waals surface area contributed by atoms with Gasteiger partial charge in [0.15, 0.2) is 0 Å². The molecule has 2 rings (SSSR count). The van der Waals surface area contributed by atoms with Crippen LogP contribution in [0.15, 0.2) is 30.3 Å². The molecular formula is C16H24O3. The average Bonchev–Trinajstić information content (AvgIpc) is 2.84. The molecule has 1 fully saturated rings. The molecule has 1 aliphatic heterocycles. The van der Waals surface area contributed by atoms with Crippen molar-refractivity contribution in [2.45, 2.75) is 44.8 Å². The lowest BCUT2D eigenvalue weighted by molar-refractivity contribution is -0.0202. The van der Waals surface area contributed by atoms with Crippen molar-refractivity contribution in [1.29, 1.82) is 0 Å². The number of aliphatic hydroxyl groups is 2. The standard InChI is InChI=1S/C16H24O3/c1-13-7-8-15(19-13)10-16(11-17,12-18)9-14-5-3-2-4-6-14/h2-6,13,15,17-18H,7-12H2,1H3. The fraction of sp³-hybridized carbons (Fsp3) is 0.625. The Kier molecular flexibility index (Phi) is 4.97. The SMILES string of the molecule is CC1CCC(CC(CO)(CO)Cc2ccccc2)O1. The molecule has 3 nitrogen and oxygen atoms in total. The van der Waals surface area contributed by atoms with Gasteiger partial charge in [0.2, 0.25) is 0 Å². The van der Waals surface area contributed by atoms with Crippen molar-refractivity contribution in [3.8, 4) is 0 Å². The fourth-order valence-electron chi connectivity index (χ4n) is 2.91. The van der Waals surface area contributed by atoms with Gasteiger partial charge in [0.25, 0.3) is 0 Å². The normalized spacial score (nSPS) is 23.7. The molecule has 1 aliphatic rings. The van der Waals surface area contributed by atoms with Gasteiger partial charge in [-0.3, -0.25) is 0 Å². The first-order chi connectivity index (χ1) is 9.17. The summed E-state index contributed by atoms with van der Waals surface area (Å²) >= 11 is 0. The van der Waals surface area contributed by atoms with E-state index in [2.05, 4.69) is 6.92 Å². The highest BCUT2D eigenvalue weighted by Gasteiger charge is 2.35. The van der Waals surface area contributed by atoms with Crippen LogP contribution in [-0.4, -0.2) is 35.6 Å². The van der Waals surface area contributed by atoms with Crippen LogP contribution in [-0.2, 0) is 11.2 Å². The van der Waals surface area contributed by atoms with E-state index in [9.17, 15) is 10.2 Å². The highest BCUT2D eigenvalue weighted by molar-refractivity contribution is 5.17. The van der Waals surface area contributed by atoms with Crippen LogP contribution >= 0.6 is 0 Å². The molecular weight excluding hydrogens is 240 g/mol. The van der Waals surface area contributed by atoms with Crippen molar-refractivity contribution in [3.63, 3.8) is 0 Å². The summed E-state index contributed by atoms with van der Waals surface area (Å²) in [7, 11) is 0. The van der Waals surface area contributed by atoms with E-state index < -0.39 is 5.41 Å². The molecule has 1 aromatic rings. The van der Waals surface area contributed by atoms with Gasteiger partial charge in [-0.05, 0) is 38.2 Å². The van der Waals surface area contributed by atoms with Gasteiger partial charge in [-0.25, -0.2) is 0 Å². The van der Waals surface area contributed by atoms with Gasteiger partial charge < -0.3 is 14.9 Å². The van der Waals surface area contributed by atoms with Gasteiger partial charge in [0.05, 0.1) is 25.4 Å². The number of hydrogen-bond acceptors (Lipinski definition) is 3. The third kappa shape index (κ3) is 3.78. The third-order valence-electron chi connectivity index (χ3n) is 4.07. The lowest BCUT2D eigenvalue weighted by Gasteiger charge is -2.32. The molecule has 0 aliphatic carbocycles. The molecule has 0 radical (unpaired) electrons. The third-order valence-corrected chi connectivity index (χ3v) is 4.07. The molecule has 2 atom stereocenters. The van der Waals surface area contributed by atoms with E-state index >= 15 is 0 Å². The van der Waals surface area contributed by atoms with Crippen LogP contribution < -0.4 is 0 Å². The Hall–Kier alpha value is -0.900. The number of hydrogen-bond donors (Lipinski definition) is 2. The number of aliphatic hydroxyl groups excluding tert-OH is 2. The molecule has 2 unspecified atom stereocenters. The van der Waals surface area contributed by atoms with Crippen LogP contribution in [0, 0.1) is 5.41 Å². The zero-order valence-electron chi connectivity index (χ0n) is 11.6. The number of ether oxygens (including phenoxy) is 1. The van der Waals surface area contributed by atoms with Crippen molar-refractivity contribution in [2.24, 2.45) is 5.41 Å². The molecule has 2 N–H and O–H groups in total. The van der Waals surface area contributed by atoms with Crippen LogP contribution in [0.2, 0.25) is 0 Å². The van der Waals surface area contributed by atoms with E-state index in [1.807, 2.05) is 30.3 Å². The maximum Gasteiger partial charge on any atom is 0.0586 e. The highest BCUT2D eigenvalue weighted by Crippen LogP contribution is 2.33. The summed E-state index contributed by atoms with van der Waals surface area (Å²) in [4.78, 5) is 0. The molecule has 19 heavy (non-hydrogen) atoms. The monoisotopic (exact) mass is 264 g/mol. The maximum atomic E-state index is 9.75. The van der Waals surface area contributed by atoms with Crippen molar-refractivity contribution in [1.82, 2.24) is 0 Å². The van der Waals surface area contributed by atoms with E-state index in [1.165, 1.54) is 0 Å². The molecule has 3 heteroatoms. The van der Waals surface area contributed by atoms with Gasteiger partial charge in [-0.1, -0.05) is 30.3 Å². The fourth-order valence-corrected chi connectivity index (χ4v) is 2.91. The molecule has 0 aromatic heterocycles. The van der Waals surface area contributed by atoms with Crippen LogP contribution in [0.1, 0.15) is 31.7 Å². The van der Waals surface area contributed by atoms with E-state index in [1.54, 1.807) is 0 Å². The Balaban J connectivity index is 2.04. The second-order valence-corrected chi connectivity index (χ2v) is 5.83. The van der Waals surface area contributed by atoms with Crippen molar-refractivity contribution in [2.75, 3.05) is 13.2 Å². The first-order valence-electron chi connectivity index (χ1n) is 7.08. The summed E-state index contributed by atoms with van der Waals surface area (Å²) in [6.45, 7) is 2.07. The molecule has 1 saturated heterocycles. The van der Waals surface area contributed by atoms with Gasteiger partial charge in [-0.2, -0.15) is 0 Å². The smallest absolute Gasteiger partial charge is 0.0586 e. The van der Waals surface area contributed by atoms with E-state index in [-0.39, 0.29) is 19.3 Å². The van der Waals surface area contributed by atoms with E-state index in [4.69, 9.17) is 4.74 Å². The first kappa shape index (κ1) is 14.5. The summed E-state index contributed by atoms with van der Waals surface area (Å²) in [5, 5.41) is 19.5. The van der Waals surface area contributed by atoms with Crippen molar-refractivity contribution in [3.05, 3.63) is 35.9 Å². The summed E-state index contributed by atoms with van der Waals surface area (Å²) in [5.74, 6) is 0. The van der Waals surface area contributed by atoms with Gasteiger partial charge >= 0.3 is 0 Å². The molecule has 0 bridgehead atoms. The zero-order chi connectivity index (χ0) is 13.7. The molecule has 0 saturated carbocycles. The highest BCUT2D eigenvalue weighted by atomic mass is 16.5. The predicted molar refractivity (Wildman–Crippen MR) is 74.9 cm³/mol. The first-order valence-corrected chi connectivity index (χ1v) is 7.08. The van der Waals surface area contributed by atoms with E-state index in [0.717, 1.165) is 24.8 Å². The van der Waals surface area contributed by atoms with Crippen LogP contribution in [0.3, 0.4) is 0 Å². The molecule has 0 amide bonds. The molecule has 1 aromatic carbocycles. The summed E-state index contributed by atoms with van der Waals surface area (Å²) in [6.07, 6.45) is 3.98. The minimum absolute atomic E-state index is 0.00731. The lowest BCUT2D eigenvalue weighted by Crippen LogP contribution is -2.36. The van der Waals surface area contributed by atoms with Crippen LogP contribution in [0.25, 0.3) is 0 Å². The zero-order valence-corrected chi connectivity index (χ0v) is 11.6. The van der Waals surface area contributed by atoms with Crippen LogP contribution in [0.4, 0.5) is 0 Å². The van der Waals surface area contributed by atoms with Gasteiger partial charge in [-0.15, -0.1) is 0 Å². The second-order valence-electron chi connectivity index (χ2n) is 5.83. The minimum atomic E-state index is -0.476. The minimum Gasteiger partial charge on any atom is -0.396 e. The average molecular weight is 264 g/mol. The molecule has 106 valence electrons. The predicted octanol–water partition coefficient (Wildman–Crippen LogP) is 2.16. The summed E-state index contributed by atoms with van der Waals surface area (Å²) in [5.41, 5.74) is 0.674. The Morgan fingerprint density at radius 3 is 2.37 bits per heavy atom. The Labute approximate surface area is 115 Å². The quantitative estimate of drug-likeness (QED) is 0.828. The van der Waals surface area contributed by atoms with E-state index in [0.29, 0.717) is 12.5 Å². The second kappa shape index (κ2) is 6.51. The van der Waals surface area contributed by atoms with Gasteiger partial charge in [0, 0.05) is 5.41 Å². The summed E-state index contributed by atoms with van der Waals surface area (Å²) < 4.78 is 5.84. The Bertz CT molecular complexity index is 373. The summed E-state index contributed by atoms with van der Waals surface area (Å²) in [6, 6.07) is 10.0. The van der Waals surface area contributed by atoms with Crippen molar-refractivity contribution >= 4 is 0 Å². The van der Waals surface area contributed by atoms with Crippen LogP contribution in [0.5, 0.6) is 0 Å². The molecule has 0 spiro atoms. The maximum absolute atomic E-state index is 9.75. The Morgan fingerprint density at radius 2 is 1.84 bits per heavy atom. The largest absolute Gasteiger partial charge is 0.396 e. The van der Waals surface area contributed by atoms with Gasteiger partial charge in [0.1, 0.15) is 0 Å². The lowest BCUT2D eigenvalue weighted by atomic mass is 9.78. The molecule has 1 heterocycles.